The Morgan fingerprint density at radius 2 is 1.23 bits per heavy atom. The van der Waals surface area contributed by atoms with E-state index in [9.17, 15) is 19.5 Å². The molecule has 0 radical (unpaired) electrons. The fourth-order valence-corrected chi connectivity index (χ4v) is 13.0. The van der Waals surface area contributed by atoms with Gasteiger partial charge in [-0.1, -0.05) is 156 Å². The molecule has 0 bridgehead atoms. The molecule has 4 rings (SSSR count). The van der Waals surface area contributed by atoms with Crippen LogP contribution in [0.4, 0.5) is 0 Å². The number of aliphatic hydroxyl groups is 1. The summed E-state index contributed by atoms with van der Waals surface area (Å²) >= 11 is 0. The first-order valence-corrected chi connectivity index (χ1v) is 24.9. The van der Waals surface area contributed by atoms with Gasteiger partial charge in [0, 0.05) is 12.8 Å². The third-order valence-electron chi connectivity index (χ3n) is 16.5. The summed E-state index contributed by atoms with van der Waals surface area (Å²) in [5, 5.41) is 23.3. The molecule has 0 saturated heterocycles. The lowest BCUT2D eigenvalue weighted by Gasteiger charge is -2.62. The van der Waals surface area contributed by atoms with Gasteiger partial charge in [-0.05, 0) is 111 Å². The maximum atomic E-state index is 12.9. The molecule has 0 aromatic carbocycles. The van der Waals surface area contributed by atoms with Crippen LogP contribution in [0.5, 0.6) is 0 Å². The number of nitrogens with one attached hydrogen (secondary N) is 1. The Hall–Kier alpha value is -1.63. The predicted octanol–water partition coefficient (Wildman–Crippen LogP) is 12.7. The second kappa shape index (κ2) is 25.2. The van der Waals surface area contributed by atoms with Crippen LogP contribution in [0.1, 0.15) is 233 Å². The van der Waals surface area contributed by atoms with E-state index in [1.807, 2.05) is 0 Å². The number of amides is 1. The topological polar surface area (TPSA) is 113 Å². The van der Waals surface area contributed by atoms with Gasteiger partial charge in [-0.3, -0.25) is 14.4 Å². The summed E-state index contributed by atoms with van der Waals surface area (Å²) < 4.78 is 6.13. The fraction of sp³-hybridized carbons (Fsp3) is 0.940. The maximum Gasteiger partial charge on any atom is 0.322 e. The summed E-state index contributed by atoms with van der Waals surface area (Å²) in [5.74, 6) is 1.63. The molecule has 7 heteroatoms. The second-order valence-electron chi connectivity index (χ2n) is 20.4. The zero-order valence-electron chi connectivity index (χ0n) is 37.5. The van der Waals surface area contributed by atoms with E-state index in [2.05, 4.69) is 33.0 Å². The van der Waals surface area contributed by atoms with Gasteiger partial charge in [-0.15, -0.1) is 0 Å². The number of esters is 1. The Morgan fingerprint density at radius 1 is 0.684 bits per heavy atom. The van der Waals surface area contributed by atoms with E-state index >= 15 is 0 Å². The summed E-state index contributed by atoms with van der Waals surface area (Å²) in [7, 11) is 0. The predicted molar refractivity (Wildman–Crippen MR) is 233 cm³/mol. The zero-order chi connectivity index (χ0) is 41.1. The molecule has 57 heavy (non-hydrogen) atoms. The molecule has 4 aliphatic rings. The number of aliphatic hydroxyl groups excluding tert-OH is 1. The zero-order valence-corrected chi connectivity index (χ0v) is 37.5. The minimum Gasteiger partial charge on any atom is -0.480 e. The van der Waals surface area contributed by atoms with Crippen molar-refractivity contribution in [1.29, 1.82) is 0 Å². The number of rotatable bonds is 29. The average Bonchev–Trinajstić information content (AvgIpc) is 3.55. The molecule has 0 heterocycles. The number of carbonyl (C=O) groups is 3. The summed E-state index contributed by atoms with van der Waals surface area (Å²) in [5.41, 5.74) is 0.0477. The number of hydrogen-bond donors (Lipinski definition) is 3. The molecule has 0 aliphatic heterocycles. The number of carboxylic acid groups (broad SMARTS) is 1. The molecule has 10 unspecified atom stereocenters. The molecule has 10 atom stereocenters. The highest BCUT2D eigenvalue weighted by atomic mass is 16.5. The molecule has 1 amide bonds. The Kier molecular flexibility index (Phi) is 21.3. The van der Waals surface area contributed by atoms with Crippen molar-refractivity contribution < 1.29 is 29.3 Å². The molecular formula is C50H89NO6. The van der Waals surface area contributed by atoms with Crippen molar-refractivity contribution in [3.8, 4) is 0 Å². The van der Waals surface area contributed by atoms with E-state index in [1.54, 1.807) is 0 Å². The lowest BCUT2D eigenvalue weighted by molar-refractivity contribution is -0.181. The van der Waals surface area contributed by atoms with Crippen molar-refractivity contribution in [3.63, 3.8) is 0 Å². The van der Waals surface area contributed by atoms with Crippen LogP contribution in [0.15, 0.2) is 0 Å². The minimum atomic E-state index is -1.02. The van der Waals surface area contributed by atoms with E-state index in [1.165, 1.54) is 135 Å². The summed E-state index contributed by atoms with van der Waals surface area (Å²) in [4.78, 5) is 36.0. The van der Waals surface area contributed by atoms with E-state index in [-0.39, 0.29) is 41.5 Å². The van der Waals surface area contributed by atoms with Crippen molar-refractivity contribution in [2.45, 2.75) is 245 Å². The van der Waals surface area contributed by atoms with Gasteiger partial charge >= 0.3 is 11.9 Å². The fourth-order valence-electron chi connectivity index (χ4n) is 13.0. The number of aliphatic carboxylic acids is 1. The van der Waals surface area contributed by atoms with Crippen LogP contribution in [0.25, 0.3) is 0 Å². The average molecular weight is 800 g/mol. The SMILES string of the molecule is CCCCCCCCCCCCCCCCCCCCCCCC(=O)OC1CCC2(C)C(CCC3C2CC(O)C2(C)C(C(C)CCC(=O)NCC(=O)O)CCC32)C1. The van der Waals surface area contributed by atoms with Crippen LogP contribution in [0.2, 0.25) is 0 Å². The first-order valence-electron chi connectivity index (χ1n) is 24.9. The molecule has 4 aliphatic carbocycles. The first-order chi connectivity index (χ1) is 27.5. The molecule has 0 aromatic heterocycles. The molecule has 4 saturated carbocycles. The van der Waals surface area contributed by atoms with Crippen LogP contribution in [0, 0.1) is 46.3 Å². The molecule has 7 nitrogen and oxygen atoms in total. The number of ether oxygens (including phenoxy) is 1. The third kappa shape index (κ3) is 14.5. The highest BCUT2D eigenvalue weighted by Gasteiger charge is 2.63. The van der Waals surface area contributed by atoms with Crippen LogP contribution >= 0.6 is 0 Å². The molecular weight excluding hydrogens is 711 g/mol. The number of carboxylic acids is 1. The molecule has 330 valence electrons. The van der Waals surface area contributed by atoms with Crippen molar-refractivity contribution in [1.82, 2.24) is 5.32 Å². The van der Waals surface area contributed by atoms with Crippen LogP contribution in [0.3, 0.4) is 0 Å². The van der Waals surface area contributed by atoms with Crippen LogP contribution in [-0.2, 0) is 19.1 Å². The van der Waals surface area contributed by atoms with Gasteiger partial charge in [0.05, 0.1) is 6.10 Å². The minimum absolute atomic E-state index is 0.00410. The van der Waals surface area contributed by atoms with E-state index < -0.39 is 5.97 Å². The lowest BCUT2D eigenvalue weighted by Crippen LogP contribution is -2.59. The number of fused-ring (bicyclic) bond motifs is 5. The highest BCUT2D eigenvalue weighted by Crippen LogP contribution is 2.68. The monoisotopic (exact) mass is 800 g/mol. The lowest BCUT2D eigenvalue weighted by atomic mass is 9.43. The van der Waals surface area contributed by atoms with Gasteiger partial charge in [0.25, 0.3) is 0 Å². The van der Waals surface area contributed by atoms with E-state index in [4.69, 9.17) is 9.84 Å². The second-order valence-corrected chi connectivity index (χ2v) is 20.4. The highest BCUT2D eigenvalue weighted by molar-refractivity contribution is 5.81. The Bertz CT molecular complexity index is 1180. The van der Waals surface area contributed by atoms with Crippen LogP contribution < -0.4 is 5.32 Å². The van der Waals surface area contributed by atoms with E-state index in [0.29, 0.717) is 48.3 Å². The largest absolute Gasteiger partial charge is 0.480 e. The van der Waals surface area contributed by atoms with E-state index in [0.717, 1.165) is 57.8 Å². The van der Waals surface area contributed by atoms with Gasteiger partial charge in [0.15, 0.2) is 0 Å². The molecule has 3 N–H and O–H groups in total. The smallest absolute Gasteiger partial charge is 0.322 e. The third-order valence-corrected chi connectivity index (χ3v) is 16.5. The first kappa shape index (κ1) is 48.0. The number of hydrogen-bond acceptors (Lipinski definition) is 5. The number of unbranched alkanes of at least 4 members (excludes halogenated alkanes) is 20. The van der Waals surface area contributed by atoms with Gasteiger partial charge in [-0.25, -0.2) is 0 Å². The van der Waals surface area contributed by atoms with Crippen molar-refractivity contribution in [3.05, 3.63) is 0 Å². The Labute approximate surface area is 349 Å². The Morgan fingerprint density at radius 3 is 1.77 bits per heavy atom. The summed E-state index contributed by atoms with van der Waals surface area (Å²) in [6.07, 6.45) is 38.5. The van der Waals surface area contributed by atoms with Gasteiger partial charge in [-0.2, -0.15) is 0 Å². The quantitative estimate of drug-likeness (QED) is 0.0513. The van der Waals surface area contributed by atoms with Gasteiger partial charge < -0.3 is 20.3 Å². The number of carbonyl (C=O) groups excluding carboxylic acids is 2. The standard InChI is InChI=1S/C50H89NO6/c1-5-6-7-8-9-10-11-12-13-14-15-16-17-18-19-20-21-22-23-24-25-26-48(56)57-40-33-34-49(3)39(35-40)28-29-41-43-31-30-42(50(43,4)45(52)36-44(41)49)38(2)27-32-46(53)51-37-47(54)55/h38-45,52H,5-37H2,1-4H3,(H,51,53)(H,54,55). The molecule has 4 fully saturated rings. The van der Waals surface area contributed by atoms with Crippen molar-refractivity contribution in [2.75, 3.05) is 6.54 Å². The molecule has 0 aromatic rings. The van der Waals surface area contributed by atoms with Crippen LogP contribution in [-0.4, -0.2) is 46.8 Å². The van der Waals surface area contributed by atoms with Gasteiger partial charge in [0.2, 0.25) is 5.91 Å². The Balaban J connectivity index is 1.03. The van der Waals surface area contributed by atoms with Crippen molar-refractivity contribution in [2.24, 2.45) is 46.3 Å². The summed E-state index contributed by atoms with van der Waals surface area (Å²) in [6, 6.07) is 0. The van der Waals surface area contributed by atoms with Gasteiger partial charge in [0.1, 0.15) is 12.6 Å². The maximum absolute atomic E-state index is 12.9. The normalized spacial score (nSPS) is 31.2. The summed E-state index contributed by atoms with van der Waals surface area (Å²) in [6.45, 7) is 9.02. The molecule has 0 spiro atoms. The van der Waals surface area contributed by atoms with Crippen molar-refractivity contribution >= 4 is 17.8 Å².